The summed E-state index contributed by atoms with van der Waals surface area (Å²) < 4.78 is 0. The molecular weight excluding hydrogens is 304 g/mol. The molecule has 0 unspecified atom stereocenters. The minimum absolute atomic E-state index is 0.00534. The van der Waals surface area contributed by atoms with Gasteiger partial charge in [-0.1, -0.05) is 56.3 Å². The molecule has 5 heteroatoms. The van der Waals surface area contributed by atoms with E-state index in [1.807, 2.05) is 30.3 Å². The Morgan fingerprint density at radius 2 is 1.71 bits per heavy atom. The zero-order chi connectivity index (χ0) is 17.6. The Labute approximate surface area is 141 Å². The average Bonchev–Trinajstić information content (AvgIpc) is 2.55. The van der Waals surface area contributed by atoms with E-state index >= 15 is 0 Å². The Kier molecular flexibility index (Phi) is 5.68. The van der Waals surface area contributed by atoms with Crippen molar-refractivity contribution in [2.75, 3.05) is 6.54 Å². The van der Waals surface area contributed by atoms with E-state index in [1.165, 1.54) is 12.1 Å². The van der Waals surface area contributed by atoms with E-state index in [-0.39, 0.29) is 17.0 Å². The number of nitrogens with one attached hydrogen (secondary N) is 1. The first-order valence-electron chi connectivity index (χ1n) is 7.94. The van der Waals surface area contributed by atoms with Crippen LogP contribution in [0.4, 0.5) is 5.69 Å². The van der Waals surface area contributed by atoms with Crippen LogP contribution in [0.1, 0.15) is 31.4 Å². The van der Waals surface area contributed by atoms with Gasteiger partial charge in [0.15, 0.2) is 0 Å². The van der Waals surface area contributed by atoms with Crippen molar-refractivity contribution in [2.45, 2.75) is 32.1 Å². The minimum Gasteiger partial charge on any atom is -0.356 e. The van der Waals surface area contributed by atoms with E-state index < -0.39 is 4.92 Å². The van der Waals surface area contributed by atoms with Gasteiger partial charge in [0.1, 0.15) is 0 Å². The summed E-state index contributed by atoms with van der Waals surface area (Å²) in [6, 6.07) is 16.4. The van der Waals surface area contributed by atoms with Crippen molar-refractivity contribution in [3.8, 4) is 0 Å². The molecule has 0 fully saturated rings. The second-order valence-corrected chi connectivity index (χ2v) is 6.45. The molecule has 0 aliphatic carbocycles. The van der Waals surface area contributed by atoms with Crippen LogP contribution in [-0.2, 0) is 16.6 Å². The van der Waals surface area contributed by atoms with E-state index in [0.717, 1.165) is 11.1 Å². The number of hydrogen-bond donors (Lipinski definition) is 1. The summed E-state index contributed by atoms with van der Waals surface area (Å²) in [6.07, 6.45) is 1.06. The monoisotopic (exact) mass is 326 g/mol. The fraction of sp³-hybridized carbons (Fsp3) is 0.316. The van der Waals surface area contributed by atoms with Gasteiger partial charge in [0.25, 0.3) is 5.69 Å². The Balaban J connectivity index is 1.82. The third kappa shape index (κ3) is 4.91. The number of nitro benzene ring substituents is 1. The van der Waals surface area contributed by atoms with E-state index in [0.29, 0.717) is 19.4 Å². The number of carbonyl (C=O) groups excluding carboxylic acids is 1. The zero-order valence-electron chi connectivity index (χ0n) is 14.0. The van der Waals surface area contributed by atoms with Crippen molar-refractivity contribution in [2.24, 2.45) is 0 Å². The molecule has 0 atom stereocenters. The molecule has 126 valence electrons. The maximum Gasteiger partial charge on any atom is 0.269 e. The minimum atomic E-state index is -0.419. The van der Waals surface area contributed by atoms with Gasteiger partial charge in [-0.2, -0.15) is 0 Å². The van der Waals surface area contributed by atoms with Gasteiger partial charge in [0.05, 0.1) is 4.92 Å². The molecule has 0 aliphatic rings. The van der Waals surface area contributed by atoms with Crippen molar-refractivity contribution in [1.29, 1.82) is 0 Å². The molecule has 1 amide bonds. The number of nitro groups is 1. The molecule has 0 radical (unpaired) electrons. The molecule has 0 aliphatic heterocycles. The number of nitrogens with zero attached hydrogens (tertiary/aromatic N) is 1. The summed E-state index contributed by atoms with van der Waals surface area (Å²) in [6.45, 7) is 4.62. The number of hydrogen-bond acceptors (Lipinski definition) is 3. The van der Waals surface area contributed by atoms with Crippen molar-refractivity contribution in [3.05, 3.63) is 75.8 Å². The summed E-state index contributed by atoms with van der Waals surface area (Å²) in [5, 5.41) is 13.5. The van der Waals surface area contributed by atoms with Gasteiger partial charge in [-0.3, -0.25) is 14.9 Å². The topological polar surface area (TPSA) is 72.2 Å². The molecule has 0 saturated carbocycles. The Morgan fingerprint density at radius 3 is 2.29 bits per heavy atom. The first-order valence-corrected chi connectivity index (χ1v) is 7.94. The SMILES string of the molecule is CC(C)(CC(=O)NCCc1ccc([N+](=O)[O-])cc1)c1ccccc1. The lowest BCUT2D eigenvalue weighted by Crippen LogP contribution is -2.32. The first-order chi connectivity index (χ1) is 11.4. The van der Waals surface area contributed by atoms with E-state index in [4.69, 9.17) is 0 Å². The predicted octanol–water partition coefficient (Wildman–Crippen LogP) is 3.62. The predicted molar refractivity (Wildman–Crippen MR) is 93.9 cm³/mol. The summed E-state index contributed by atoms with van der Waals surface area (Å²) in [5.74, 6) is 0.00534. The molecule has 0 spiro atoms. The van der Waals surface area contributed by atoms with E-state index in [1.54, 1.807) is 12.1 Å². The van der Waals surface area contributed by atoms with Crippen molar-refractivity contribution in [1.82, 2.24) is 5.32 Å². The molecule has 2 aromatic carbocycles. The van der Waals surface area contributed by atoms with Crippen LogP contribution in [0.2, 0.25) is 0 Å². The molecule has 5 nitrogen and oxygen atoms in total. The number of benzene rings is 2. The van der Waals surface area contributed by atoms with Gasteiger partial charge in [0, 0.05) is 25.1 Å². The van der Waals surface area contributed by atoms with Gasteiger partial charge in [0.2, 0.25) is 5.91 Å². The van der Waals surface area contributed by atoms with Crippen LogP contribution in [0.25, 0.3) is 0 Å². The molecule has 0 aromatic heterocycles. The van der Waals surface area contributed by atoms with Gasteiger partial charge in [-0.15, -0.1) is 0 Å². The summed E-state index contributed by atoms with van der Waals surface area (Å²) >= 11 is 0. The molecular formula is C19H22N2O3. The second kappa shape index (κ2) is 7.73. The summed E-state index contributed by atoms with van der Waals surface area (Å²) in [4.78, 5) is 22.4. The standard InChI is InChI=1S/C19H22N2O3/c1-19(2,16-6-4-3-5-7-16)14-18(22)20-13-12-15-8-10-17(11-9-15)21(23)24/h3-11H,12-14H2,1-2H3,(H,20,22). The van der Waals surface area contributed by atoms with E-state index in [2.05, 4.69) is 19.2 Å². The smallest absolute Gasteiger partial charge is 0.269 e. The number of amides is 1. The molecule has 0 bridgehead atoms. The Hall–Kier alpha value is -2.69. The van der Waals surface area contributed by atoms with Crippen molar-refractivity contribution in [3.63, 3.8) is 0 Å². The highest BCUT2D eigenvalue weighted by Crippen LogP contribution is 2.26. The van der Waals surface area contributed by atoms with Gasteiger partial charge in [-0.05, 0) is 23.0 Å². The van der Waals surface area contributed by atoms with Gasteiger partial charge >= 0.3 is 0 Å². The Morgan fingerprint density at radius 1 is 1.08 bits per heavy atom. The number of carbonyl (C=O) groups is 1. The molecule has 1 N–H and O–H groups in total. The maximum atomic E-state index is 12.2. The summed E-state index contributed by atoms with van der Waals surface area (Å²) in [5.41, 5.74) is 1.95. The van der Waals surface area contributed by atoms with Crippen LogP contribution >= 0.6 is 0 Å². The summed E-state index contributed by atoms with van der Waals surface area (Å²) in [7, 11) is 0. The Bertz CT molecular complexity index is 694. The fourth-order valence-electron chi connectivity index (χ4n) is 2.59. The lowest BCUT2D eigenvalue weighted by atomic mass is 9.81. The highest BCUT2D eigenvalue weighted by atomic mass is 16.6. The van der Waals surface area contributed by atoms with Crippen molar-refractivity contribution >= 4 is 11.6 Å². The van der Waals surface area contributed by atoms with E-state index in [9.17, 15) is 14.9 Å². The highest BCUT2D eigenvalue weighted by molar-refractivity contribution is 5.77. The highest BCUT2D eigenvalue weighted by Gasteiger charge is 2.23. The maximum absolute atomic E-state index is 12.2. The number of non-ortho nitro benzene ring substituents is 1. The van der Waals surface area contributed by atoms with Crippen LogP contribution in [0.3, 0.4) is 0 Å². The van der Waals surface area contributed by atoms with Crippen LogP contribution in [0.15, 0.2) is 54.6 Å². The lowest BCUT2D eigenvalue weighted by molar-refractivity contribution is -0.384. The van der Waals surface area contributed by atoms with Crippen molar-refractivity contribution < 1.29 is 9.72 Å². The van der Waals surface area contributed by atoms with Crippen LogP contribution < -0.4 is 5.32 Å². The molecule has 0 heterocycles. The van der Waals surface area contributed by atoms with Crippen LogP contribution in [0.5, 0.6) is 0 Å². The zero-order valence-corrected chi connectivity index (χ0v) is 14.0. The molecule has 0 saturated heterocycles. The molecule has 2 aromatic rings. The lowest BCUT2D eigenvalue weighted by Gasteiger charge is -2.24. The second-order valence-electron chi connectivity index (χ2n) is 6.45. The molecule has 24 heavy (non-hydrogen) atoms. The largest absolute Gasteiger partial charge is 0.356 e. The molecule has 2 rings (SSSR count). The van der Waals surface area contributed by atoms with Crippen LogP contribution in [0, 0.1) is 10.1 Å². The van der Waals surface area contributed by atoms with Gasteiger partial charge < -0.3 is 5.32 Å². The van der Waals surface area contributed by atoms with Gasteiger partial charge in [-0.25, -0.2) is 0 Å². The third-order valence-electron chi connectivity index (χ3n) is 4.04. The first kappa shape index (κ1) is 17.7. The average molecular weight is 326 g/mol. The number of rotatable bonds is 7. The third-order valence-corrected chi connectivity index (χ3v) is 4.04. The normalized spacial score (nSPS) is 11.1. The fourth-order valence-corrected chi connectivity index (χ4v) is 2.59. The quantitative estimate of drug-likeness (QED) is 0.624. The van der Waals surface area contributed by atoms with Crippen LogP contribution in [-0.4, -0.2) is 17.4 Å².